The minimum Gasteiger partial charge on any atom is -0.497 e. The summed E-state index contributed by atoms with van der Waals surface area (Å²) in [6.07, 6.45) is 0.00995. The van der Waals surface area contributed by atoms with Gasteiger partial charge in [0.2, 0.25) is 5.91 Å². The summed E-state index contributed by atoms with van der Waals surface area (Å²) >= 11 is 0. The molecule has 6 heteroatoms. The average molecular weight is 279 g/mol. The van der Waals surface area contributed by atoms with E-state index in [1.807, 2.05) is 0 Å². The molecule has 0 unspecified atom stereocenters. The fourth-order valence-corrected chi connectivity index (χ4v) is 2.55. The Bertz CT molecular complexity index is 520. The molecule has 108 valence electrons. The molecule has 0 bridgehead atoms. The second kappa shape index (κ2) is 5.40. The molecule has 2 atom stereocenters. The highest BCUT2D eigenvalue weighted by Crippen LogP contribution is 2.39. The highest BCUT2D eigenvalue weighted by atomic mass is 16.5. The molecule has 0 aromatic heterocycles. The van der Waals surface area contributed by atoms with Gasteiger partial charge in [-0.15, -0.1) is 0 Å². The zero-order valence-electron chi connectivity index (χ0n) is 11.6. The number of amides is 1. The molecular formula is C14H17NO5. The molecule has 0 saturated carbocycles. The average Bonchev–Trinajstić information content (AvgIpc) is 2.74. The van der Waals surface area contributed by atoms with Crippen LogP contribution in [0.5, 0.6) is 11.5 Å². The van der Waals surface area contributed by atoms with E-state index in [4.69, 9.17) is 9.47 Å². The Kier molecular flexibility index (Phi) is 3.83. The van der Waals surface area contributed by atoms with Crippen molar-refractivity contribution < 1.29 is 24.2 Å². The molecule has 1 fully saturated rings. The van der Waals surface area contributed by atoms with Crippen LogP contribution in [0.4, 0.5) is 0 Å². The zero-order chi connectivity index (χ0) is 14.9. The van der Waals surface area contributed by atoms with Gasteiger partial charge in [0.1, 0.15) is 11.5 Å². The van der Waals surface area contributed by atoms with Crippen LogP contribution in [-0.4, -0.2) is 43.2 Å². The Morgan fingerprint density at radius 2 is 1.80 bits per heavy atom. The van der Waals surface area contributed by atoms with E-state index in [-0.39, 0.29) is 12.3 Å². The Morgan fingerprint density at radius 3 is 2.25 bits per heavy atom. The highest BCUT2D eigenvalue weighted by molar-refractivity contribution is 5.87. The third kappa shape index (κ3) is 2.41. The third-order valence-corrected chi connectivity index (χ3v) is 3.62. The fourth-order valence-electron chi connectivity index (χ4n) is 2.55. The van der Waals surface area contributed by atoms with E-state index in [9.17, 15) is 14.7 Å². The number of aliphatic carboxylic acids is 1. The van der Waals surface area contributed by atoms with Gasteiger partial charge in [0.25, 0.3) is 0 Å². The minimum absolute atomic E-state index is 0.00995. The van der Waals surface area contributed by atoms with Crippen molar-refractivity contribution in [2.75, 3.05) is 21.3 Å². The topological polar surface area (TPSA) is 76.1 Å². The molecule has 0 spiro atoms. The van der Waals surface area contributed by atoms with E-state index in [1.165, 1.54) is 19.1 Å². The van der Waals surface area contributed by atoms with E-state index in [0.717, 1.165) is 0 Å². The quantitative estimate of drug-likeness (QED) is 0.899. The van der Waals surface area contributed by atoms with Crippen LogP contribution in [0, 0.1) is 5.92 Å². The van der Waals surface area contributed by atoms with Crippen molar-refractivity contribution in [3.8, 4) is 11.5 Å². The van der Waals surface area contributed by atoms with E-state index in [0.29, 0.717) is 17.1 Å². The van der Waals surface area contributed by atoms with Crippen LogP contribution in [0.15, 0.2) is 18.2 Å². The van der Waals surface area contributed by atoms with Gasteiger partial charge in [-0.1, -0.05) is 0 Å². The number of carboxylic acids is 1. The molecule has 0 radical (unpaired) electrons. The number of carbonyl (C=O) groups excluding carboxylic acids is 1. The molecular weight excluding hydrogens is 262 g/mol. The fraction of sp³-hybridized carbons (Fsp3) is 0.429. The van der Waals surface area contributed by atoms with Crippen LogP contribution in [0.25, 0.3) is 0 Å². The molecule has 1 aliphatic rings. The number of likely N-dealkylation sites (tertiary alicyclic amines) is 1. The van der Waals surface area contributed by atoms with E-state index in [1.54, 1.807) is 25.2 Å². The molecule has 1 amide bonds. The van der Waals surface area contributed by atoms with Crippen molar-refractivity contribution >= 4 is 11.9 Å². The Labute approximate surface area is 116 Å². The van der Waals surface area contributed by atoms with Crippen LogP contribution in [0.3, 0.4) is 0 Å². The maximum Gasteiger partial charge on any atom is 0.309 e. The zero-order valence-corrected chi connectivity index (χ0v) is 11.6. The van der Waals surface area contributed by atoms with E-state index >= 15 is 0 Å². The number of carbonyl (C=O) groups is 2. The molecule has 6 nitrogen and oxygen atoms in total. The predicted octanol–water partition coefficient (Wildman–Crippen LogP) is 1.31. The molecule has 0 aliphatic carbocycles. The first-order valence-corrected chi connectivity index (χ1v) is 6.19. The smallest absolute Gasteiger partial charge is 0.309 e. The van der Waals surface area contributed by atoms with Crippen LogP contribution in [-0.2, 0) is 9.59 Å². The van der Waals surface area contributed by atoms with Crippen LogP contribution in [0.2, 0.25) is 0 Å². The van der Waals surface area contributed by atoms with E-state index < -0.39 is 17.9 Å². The molecule has 20 heavy (non-hydrogen) atoms. The van der Waals surface area contributed by atoms with Crippen LogP contribution < -0.4 is 9.47 Å². The van der Waals surface area contributed by atoms with Gasteiger partial charge in [0.05, 0.1) is 26.2 Å². The summed E-state index contributed by atoms with van der Waals surface area (Å²) in [6.45, 7) is 0. The van der Waals surface area contributed by atoms with Crippen molar-refractivity contribution in [3.05, 3.63) is 23.8 Å². The first-order chi connectivity index (χ1) is 9.47. The Hall–Kier alpha value is -2.24. The van der Waals surface area contributed by atoms with Gasteiger partial charge in [-0.05, 0) is 17.7 Å². The summed E-state index contributed by atoms with van der Waals surface area (Å²) in [7, 11) is 4.66. The minimum atomic E-state index is -0.977. The number of rotatable bonds is 4. The lowest BCUT2D eigenvalue weighted by molar-refractivity contribution is -0.142. The molecule has 1 saturated heterocycles. The maximum absolute atomic E-state index is 11.8. The SMILES string of the molecule is COc1cc(OC)cc([C@@H]2[C@H](C(=O)O)CC(=O)N2C)c1. The Morgan fingerprint density at radius 1 is 1.25 bits per heavy atom. The first-order valence-electron chi connectivity index (χ1n) is 6.19. The van der Waals surface area contributed by atoms with Gasteiger partial charge in [-0.3, -0.25) is 9.59 Å². The second-order valence-corrected chi connectivity index (χ2v) is 4.74. The van der Waals surface area contributed by atoms with Crippen LogP contribution >= 0.6 is 0 Å². The number of nitrogens with zero attached hydrogens (tertiary/aromatic N) is 1. The third-order valence-electron chi connectivity index (χ3n) is 3.62. The monoisotopic (exact) mass is 279 g/mol. The molecule has 1 heterocycles. The number of hydrogen-bond donors (Lipinski definition) is 1. The number of ether oxygens (including phenoxy) is 2. The first kappa shape index (κ1) is 14.2. The van der Waals surface area contributed by atoms with Crippen molar-refractivity contribution in [3.63, 3.8) is 0 Å². The van der Waals surface area contributed by atoms with Gasteiger partial charge in [-0.25, -0.2) is 0 Å². The largest absolute Gasteiger partial charge is 0.497 e. The summed E-state index contributed by atoms with van der Waals surface area (Å²) in [6, 6.07) is 4.66. The summed E-state index contributed by atoms with van der Waals surface area (Å²) in [5.74, 6) is -0.782. The summed E-state index contributed by atoms with van der Waals surface area (Å²) in [5.41, 5.74) is 0.696. The normalized spacial score (nSPS) is 21.9. The summed E-state index contributed by atoms with van der Waals surface area (Å²) in [5, 5.41) is 9.29. The van der Waals surface area contributed by atoms with Crippen LogP contribution in [0.1, 0.15) is 18.0 Å². The Balaban J connectivity index is 2.47. The lowest BCUT2D eigenvalue weighted by Gasteiger charge is -2.24. The number of methoxy groups -OCH3 is 2. The van der Waals surface area contributed by atoms with Gasteiger partial charge < -0.3 is 19.5 Å². The molecule has 1 aromatic rings. The van der Waals surface area contributed by atoms with Gasteiger partial charge in [-0.2, -0.15) is 0 Å². The molecule has 2 rings (SSSR count). The number of carboxylic acid groups (broad SMARTS) is 1. The van der Waals surface area contributed by atoms with E-state index in [2.05, 4.69) is 0 Å². The highest BCUT2D eigenvalue weighted by Gasteiger charge is 2.43. The standard InChI is InChI=1S/C14H17NO5/c1-15-12(16)7-11(14(17)18)13(15)8-4-9(19-2)6-10(5-8)20-3/h4-6,11,13H,7H2,1-3H3,(H,17,18)/t11-,13-/m1/s1. The molecule has 1 N–H and O–H groups in total. The second-order valence-electron chi connectivity index (χ2n) is 4.74. The van der Waals surface area contributed by atoms with Crippen molar-refractivity contribution in [2.45, 2.75) is 12.5 Å². The van der Waals surface area contributed by atoms with Crippen molar-refractivity contribution in [1.29, 1.82) is 0 Å². The van der Waals surface area contributed by atoms with Crippen molar-refractivity contribution in [2.24, 2.45) is 5.92 Å². The maximum atomic E-state index is 11.8. The summed E-state index contributed by atoms with van der Waals surface area (Å²) < 4.78 is 10.4. The van der Waals surface area contributed by atoms with Gasteiger partial charge in [0, 0.05) is 19.5 Å². The van der Waals surface area contributed by atoms with Gasteiger partial charge >= 0.3 is 5.97 Å². The lowest BCUT2D eigenvalue weighted by Crippen LogP contribution is -2.26. The van der Waals surface area contributed by atoms with Crippen molar-refractivity contribution in [1.82, 2.24) is 4.90 Å². The summed E-state index contributed by atoms with van der Waals surface area (Å²) in [4.78, 5) is 24.6. The van der Waals surface area contributed by atoms with Gasteiger partial charge in [0.15, 0.2) is 0 Å². The lowest BCUT2D eigenvalue weighted by atomic mass is 9.93. The number of hydrogen-bond acceptors (Lipinski definition) is 4. The predicted molar refractivity (Wildman–Crippen MR) is 70.8 cm³/mol. The molecule has 1 aliphatic heterocycles. The number of benzene rings is 1. The molecule has 1 aromatic carbocycles.